The number of nitrogens with two attached hydrogens (primary N) is 1. The van der Waals surface area contributed by atoms with Crippen LogP contribution in [0.4, 0.5) is 8.78 Å². The number of halogens is 2. The first-order chi connectivity index (χ1) is 7.72. The van der Waals surface area contributed by atoms with E-state index in [4.69, 9.17) is 5.73 Å². The Morgan fingerprint density at radius 3 is 2.81 bits per heavy atom. The third kappa shape index (κ3) is 1.89. The van der Waals surface area contributed by atoms with Crippen molar-refractivity contribution in [1.82, 2.24) is 20.2 Å². The van der Waals surface area contributed by atoms with Crippen LogP contribution >= 0.6 is 0 Å². The molecule has 0 spiro atoms. The van der Waals surface area contributed by atoms with E-state index in [1.165, 1.54) is 10.7 Å². The minimum Gasteiger partial charge on any atom is -0.329 e. The van der Waals surface area contributed by atoms with Crippen molar-refractivity contribution in [1.29, 1.82) is 0 Å². The summed E-state index contributed by atoms with van der Waals surface area (Å²) >= 11 is 0. The number of hydrogen-bond donors (Lipinski definition) is 1. The molecule has 84 valence electrons. The molecule has 1 aromatic heterocycles. The summed E-state index contributed by atoms with van der Waals surface area (Å²) < 4.78 is 27.5. The Bertz CT molecular complexity index is 496. The Balaban J connectivity index is 2.46. The maximum Gasteiger partial charge on any atom is 0.185 e. The van der Waals surface area contributed by atoms with E-state index < -0.39 is 11.6 Å². The lowest BCUT2D eigenvalue weighted by Crippen LogP contribution is -2.12. The summed E-state index contributed by atoms with van der Waals surface area (Å²) in [4.78, 5) is 0. The number of rotatable bonds is 3. The van der Waals surface area contributed by atoms with Crippen molar-refractivity contribution in [3.63, 3.8) is 0 Å². The van der Waals surface area contributed by atoms with Gasteiger partial charge in [-0.15, -0.1) is 5.10 Å². The highest BCUT2D eigenvalue weighted by molar-refractivity contribution is 5.55. The van der Waals surface area contributed by atoms with Gasteiger partial charge < -0.3 is 5.73 Å². The highest BCUT2D eigenvalue weighted by Crippen LogP contribution is 2.20. The van der Waals surface area contributed by atoms with E-state index in [1.807, 2.05) is 0 Å². The van der Waals surface area contributed by atoms with Gasteiger partial charge in [-0.05, 0) is 22.6 Å². The quantitative estimate of drug-likeness (QED) is 0.829. The van der Waals surface area contributed by atoms with Gasteiger partial charge in [0.05, 0.1) is 12.1 Å². The van der Waals surface area contributed by atoms with Crippen LogP contribution in [0.3, 0.4) is 0 Å². The fraction of sp³-hybridized carbons (Fsp3) is 0.222. The zero-order valence-corrected chi connectivity index (χ0v) is 8.27. The first kappa shape index (κ1) is 10.6. The molecule has 7 heteroatoms. The SMILES string of the molecule is NCCn1nnnc1-c1ccc(F)cc1F. The lowest BCUT2D eigenvalue weighted by atomic mass is 10.2. The van der Waals surface area contributed by atoms with Crippen molar-refractivity contribution in [3.8, 4) is 11.4 Å². The number of benzene rings is 1. The van der Waals surface area contributed by atoms with E-state index in [-0.39, 0.29) is 11.4 Å². The van der Waals surface area contributed by atoms with Crippen molar-refractivity contribution >= 4 is 0 Å². The van der Waals surface area contributed by atoms with Crippen LogP contribution in [-0.4, -0.2) is 26.8 Å². The summed E-state index contributed by atoms with van der Waals surface area (Å²) in [5, 5.41) is 10.8. The average molecular weight is 225 g/mol. The molecule has 5 nitrogen and oxygen atoms in total. The van der Waals surface area contributed by atoms with Crippen LogP contribution in [0.15, 0.2) is 18.2 Å². The third-order valence-corrected chi connectivity index (χ3v) is 2.04. The second kappa shape index (κ2) is 4.31. The Kier molecular flexibility index (Phi) is 2.86. The molecule has 0 aliphatic heterocycles. The molecule has 2 aromatic rings. The Labute approximate surface area is 89.9 Å². The maximum absolute atomic E-state index is 13.5. The summed E-state index contributed by atoms with van der Waals surface area (Å²) in [6.45, 7) is 0.708. The molecular weight excluding hydrogens is 216 g/mol. The van der Waals surface area contributed by atoms with Crippen molar-refractivity contribution in [3.05, 3.63) is 29.8 Å². The van der Waals surface area contributed by atoms with Crippen LogP contribution in [0.5, 0.6) is 0 Å². The molecule has 0 fully saturated rings. The molecule has 2 rings (SSSR count). The van der Waals surface area contributed by atoms with Gasteiger partial charge in [0.25, 0.3) is 0 Å². The van der Waals surface area contributed by atoms with E-state index in [2.05, 4.69) is 15.5 Å². The predicted octanol–water partition coefficient (Wildman–Crippen LogP) is 0.577. The molecule has 1 aromatic carbocycles. The van der Waals surface area contributed by atoms with Crippen LogP contribution < -0.4 is 5.73 Å². The molecule has 0 atom stereocenters. The van der Waals surface area contributed by atoms with Crippen LogP contribution in [0.1, 0.15) is 0 Å². The number of hydrogen-bond acceptors (Lipinski definition) is 4. The molecular formula is C9H9F2N5. The third-order valence-electron chi connectivity index (χ3n) is 2.04. The van der Waals surface area contributed by atoms with Gasteiger partial charge >= 0.3 is 0 Å². The van der Waals surface area contributed by atoms with Crippen LogP contribution in [-0.2, 0) is 6.54 Å². The molecule has 16 heavy (non-hydrogen) atoms. The van der Waals surface area contributed by atoms with Gasteiger partial charge in [-0.3, -0.25) is 0 Å². The van der Waals surface area contributed by atoms with E-state index in [1.54, 1.807) is 0 Å². The normalized spacial score (nSPS) is 10.7. The fourth-order valence-corrected chi connectivity index (χ4v) is 1.34. The minimum atomic E-state index is -0.701. The maximum atomic E-state index is 13.5. The molecule has 0 aliphatic carbocycles. The van der Waals surface area contributed by atoms with Gasteiger partial charge in [-0.1, -0.05) is 0 Å². The number of aromatic nitrogens is 4. The molecule has 0 saturated heterocycles. The summed E-state index contributed by atoms with van der Waals surface area (Å²) in [5.74, 6) is -1.10. The first-order valence-corrected chi connectivity index (χ1v) is 4.64. The smallest absolute Gasteiger partial charge is 0.185 e. The number of nitrogens with zero attached hydrogens (tertiary/aromatic N) is 4. The van der Waals surface area contributed by atoms with E-state index in [9.17, 15) is 8.78 Å². The standard InChI is InChI=1S/C9H9F2N5/c10-6-1-2-7(8(11)5-6)9-13-14-15-16(9)4-3-12/h1-2,5H,3-4,12H2. The predicted molar refractivity (Wildman–Crippen MR) is 52.2 cm³/mol. The minimum absolute atomic E-state index is 0.153. The summed E-state index contributed by atoms with van der Waals surface area (Å²) in [5.41, 5.74) is 5.51. The van der Waals surface area contributed by atoms with Gasteiger partial charge in [0.2, 0.25) is 0 Å². The lowest BCUT2D eigenvalue weighted by molar-refractivity contribution is 0.577. The second-order valence-corrected chi connectivity index (χ2v) is 3.14. The van der Waals surface area contributed by atoms with E-state index in [0.717, 1.165) is 12.1 Å². The first-order valence-electron chi connectivity index (χ1n) is 4.64. The summed E-state index contributed by atoms with van der Waals surface area (Å²) in [7, 11) is 0. The van der Waals surface area contributed by atoms with Crippen LogP contribution in [0.2, 0.25) is 0 Å². The fourth-order valence-electron chi connectivity index (χ4n) is 1.34. The van der Waals surface area contributed by atoms with Crippen LogP contribution in [0.25, 0.3) is 11.4 Å². The van der Waals surface area contributed by atoms with Gasteiger partial charge in [-0.25, -0.2) is 13.5 Å². The molecule has 0 bridgehead atoms. The Morgan fingerprint density at radius 2 is 2.12 bits per heavy atom. The van der Waals surface area contributed by atoms with Gasteiger partial charge in [0.1, 0.15) is 11.6 Å². The highest BCUT2D eigenvalue weighted by Gasteiger charge is 2.13. The van der Waals surface area contributed by atoms with Gasteiger partial charge in [0, 0.05) is 12.6 Å². The van der Waals surface area contributed by atoms with Crippen molar-refractivity contribution in [2.75, 3.05) is 6.54 Å². The molecule has 1 heterocycles. The zero-order valence-electron chi connectivity index (χ0n) is 8.27. The van der Waals surface area contributed by atoms with Crippen molar-refractivity contribution < 1.29 is 8.78 Å². The van der Waals surface area contributed by atoms with Crippen LogP contribution in [0, 0.1) is 11.6 Å². The Morgan fingerprint density at radius 1 is 1.31 bits per heavy atom. The summed E-state index contributed by atoms with van der Waals surface area (Å²) in [6.07, 6.45) is 0. The summed E-state index contributed by atoms with van der Waals surface area (Å²) in [6, 6.07) is 3.24. The molecule has 0 amide bonds. The lowest BCUT2D eigenvalue weighted by Gasteiger charge is -2.03. The van der Waals surface area contributed by atoms with Crippen molar-refractivity contribution in [2.24, 2.45) is 5.73 Å². The topological polar surface area (TPSA) is 69.6 Å². The average Bonchev–Trinajstić information content (AvgIpc) is 2.67. The largest absolute Gasteiger partial charge is 0.329 e. The molecule has 0 saturated carbocycles. The zero-order chi connectivity index (χ0) is 11.5. The highest BCUT2D eigenvalue weighted by atomic mass is 19.1. The number of tetrazole rings is 1. The molecule has 2 N–H and O–H groups in total. The van der Waals surface area contributed by atoms with Crippen molar-refractivity contribution in [2.45, 2.75) is 6.54 Å². The van der Waals surface area contributed by atoms with E-state index in [0.29, 0.717) is 13.1 Å². The second-order valence-electron chi connectivity index (χ2n) is 3.14. The van der Waals surface area contributed by atoms with Gasteiger partial charge in [-0.2, -0.15) is 0 Å². The van der Waals surface area contributed by atoms with Gasteiger partial charge in [0.15, 0.2) is 5.82 Å². The monoisotopic (exact) mass is 225 g/mol. The molecule has 0 radical (unpaired) electrons. The molecule has 0 aliphatic rings. The van der Waals surface area contributed by atoms with E-state index >= 15 is 0 Å². The molecule has 0 unspecified atom stereocenters. The Hall–Kier alpha value is -1.89.